The third kappa shape index (κ3) is 1.88. The number of rotatable bonds is 1. The summed E-state index contributed by atoms with van der Waals surface area (Å²) in [6, 6.07) is 0.0613. The topological polar surface area (TPSA) is 66.6 Å². The zero-order valence-corrected chi connectivity index (χ0v) is 9.11. The van der Waals surface area contributed by atoms with E-state index >= 15 is 0 Å². The molecule has 2 aliphatic heterocycles. The van der Waals surface area contributed by atoms with E-state index in [4.69, 9.17) is 5.73 Å². The standard InChI is InChI=1S/C11H20N2O2/c12-11(10(14)15)6-4-8-13-7-3-1-2-5-9(11)13/h9H,1-8,12H2,(H,14,15)/t9-,11+/m1/s1. The molecule has 0 aromatic rings. The van der Waals surface area contributed by atoms with E-state index in [9.17, 15) is 9.90 Å². The van der Waals surface area contributed by atoms with Crippen LogP contribution in [0.3, 0.4) is 0 Å². The molecule has 0 amide bonds. The molecule has 2 atom stereocenters. The molecule has 0 radical (unpaired) electrons. The van der Waals surface area contributed by atoms with Crippen LogP contribution in [0.5, 0.6) is 0 Å². The summed E-state index contributed by atoms with van der Waals surface area (Å²) in [6.07, 6.45) is 6.01. The van der Waals surface area contributed by atoms with Gasteiger partial charge in [0, 0.05) is 6.04 Å². The average molecular weight is 212 g/mol. The Hall–Kier alpha value is -0.610. The van der Waals surface area contributed by atoms with Gasteiger partial charge < -0.3 is 10.8 Å². The number of carboxylic acid groups (broad SMARTS) is 1. The Labute approximate surface area is 90.4 Å². The van der Waals surface area contributed by atoms with Gasteiger partial charge >= 0.3 is 5.97 Å². The van der Waals surface area contributed by atoms with Crippen LogP contribution >= 0.6 is 0 Å². The minimum Gasteiger partial charge on any atom is -0.480 e. The van der Waals surface area contributed by atoms with Crippen molar-refractivity contribution in [2.24, 2.45) is 5.73 Å². The molecular weight excluding hydrogens is 192 g/mol. The molecule has 15 heavy (non-hydrogen) atoms. The number of piperidine rings is 1. The van der Waals surface area contributed by atoms with Crippen molar-refractivity contribution in [3.05, 3.63) is 0 Å². The Morgan fingerprint density at radius 3 is 2.73 bits per heavy atom. The third-order valence-corrected chi connectivity index (χ3v) is 3.89. The van der Waals surface area contributed by atoms with Crippen molar-refractivity contribution >= 4 is 5.97 Å². The van der Waals surface area contributed by atoms with Crippen LogP contribution in [0, 0.1) is 0 Å². The summed E-state index contributed by atoms with van der Waals surface area (Å²) in [6.45, 7) is 2.05. The van der Waals surface area contributed by atoms with E-state index in [0.29, 0.717) is 6.42 Å². The summed E-state index contributed by atoms with van der Waals surface area (Å²) in [5, 5.41) is 9.28. The fourth-order valence-electron chi connectivity index (χ4n) is 3.01. The van der Waals surface area contributed by atoms with E-state index in [0.717, 1.165) is 32.4 Å². The van der Waals surface area contributed by atoms with Crippen LogP contribution in [0.2, 0.25) is 0 Å². The van der Waals surface area contributed by atoms with Gasteiger partial charge in [0.2, 0.25) is 0 Å². The highest BCUT2D eigenvalue weighted by molar-refractivity contribution is 5.79. The number of hydrogen-bond acceptors (Lipinski definition) is 3. The molecule has 0 aromatic carbocycles. The van der Waals surface area contributed by atoms with Gasteiger partial charge in [-0.25, -0.2) is 0 Å². The van der Waals surface area contributed by atoms with Crippen LogP contribution in [0.25, 0.3) is 0 Å². The second kappa shape index (κ2) is 4.10. The van der Waals surface area contributed by atoms with Crippen molar-refractivity contribution in [2.45, 2.75) is 50.1 Å². The maximum atomic E-state index is 11.3. The number of nitrogens with two attached hydrogens (primary N) is 1. The quantitative estimate of drug-likeness (QED) is 0.675. The van der Waals surface area contributed by atoms with Crippen LogP contribution in [0.1, 0.15) is 38.5 Å². The first-order valence-corrected chi connectivity index (χ1v) is 5.91. The normalized spacial score (nSPS) is 38.1. The minimum atomic E-state index is -0.997. The third-order valence-electron chi connectivity index (χ3n) is 3.89. The predicted octanol–water partition coefficient (Wildman–Crippen LogP) is 0.807. The second-order valence-corrected chi connectivity index (χ2v) is 4.85. The number of nitrogens with zero attached hydrogens (tertiary/aromatic N) is 1. The Morgan fingerprint density at radius 2 is 2.00 bits per heavy atom. The SMILES string of the molecule is N[C@@]1(C(=O)O)CCCN2CCCCC[C@@H]21. The van der Waals surface area contributed by atoms with Gasteiger partial charge in [0.05, 0.1) is 0 Å². The molecule has 2 fully saturated rings. The minimum absolute atomic E-state index is 0.0613. The Morgan fingerprint density at radius 1 is 1.27 bits per heavy atom. The number of fused-ring (bicyclic) bond motifs is 1. The number of carboxylic acids is 1. The van der Waals surface area contributed by atoms with Crippen LogP contribution in [-0.2, 0) is 4.79 Å². The van der Waals surface area contributed by atoms with Crippen LogP contribution in [0.4, 0.5) is 0 Å². The van der Waals surface area contributed by atoms with E-state index < -0.39 is 11.5 Å². The highest BCUT2D eigenvalue weighted by atomic mass is 16.4. The molecule has 0 unspecified atom stereocenters. The number of carbonyl (C=O) groups is 1. The molecule has 86 valence electrons. The van der Waals surface area contributed by atoms with Crippen LogP contribution < -0.4 is 5.73 Å². The van der Waals surface area contributed by atoms with Gasteiger partial charge in [-0.15, -0.1) is 0 Å². The van der Waals surface area contributed by atoms with E-state index in [1.807, 2.05) is 0 Å². The van der Waals surface area contributed by atoms with Crippen LogP contribution in [0.15, 0.2) is 0 Å². The molecular formula is C11H20N2O2. The molecule has 0 saturated carbocycles. The smallest absolute Gasteiger partial charge is 0.325 e. The van der Waals surface area contributed by atoms with E-state index in [-0.39, 0.29) is 6.04 Å². The van der Waals surface area contributed by atoms with Gasteiger partial charge in [-0.3, -0.25) is 9.69 Å². The number of hydrogen-bond donors (Lipinski definition) is 2. The van der Waals surface area contributed by atoms with Crippen molar-refractivity contribution in [3.8, 4) is 0 Å². The first kappa shape index (κ1) is 10.9. The molecule has 2 aliphatic rings. The summed E-state index contributed by atoms with van der Waals surface area (Å²) in [5.41, 5.74) is 5.09. The molecule has 0 aliphatic carbocycles. The van der Waals surface area contributed by atoms with Crippen LogP contribution in [-0.4, -0.2) is 40.6 Å². The Bertz CT molecular complexity index is 257. The lowest BCUT2D eigenvalue weighted by atomic mass is 9.80. The lowest BCUT2D eigenvalue weighted by molar-refractivity contribution is -0.148. The fraction of sp³-hybridized carbons (Fsp3) is 0.909. The molecule has 4 nitrogen and oxygen atoms in total. The highest BCUT2D eigenvalue weighted by Gasteiger charge is 2.47. The molecule has 3 N–H and O–H groups in total. The summed E-state index contributed by atoms with van der Waals surface area (Å²) in [5.74, 6) is -0.820. The molecule has 4 heteroatoms. The zero-order valence-electron chi connectivity index (χ0n) is 9.11. The van der Waals surface area contributed by atoms with E-state index in [1.165, 1.54) is 12.8 Å². The van der Waals surface area contributed by atoms with Gasteiger partial charge in [-0.05, 0) is 38.8 Å². The molecule has 2 rings (SSSR count). The Kier molecular flexibility index (Phi) is 2.98. The Balaban J connectivity index is 2.20. The average Bonchev–Trinajstić information content (AvgIpc) is 2.43. The summed E-state index contributed by atoms with van der Waals surface area (Å²) in [7, 11) is 0. The molecule has 0 aromatic heterocycles. The van der Waals surface area contributed by atoms with Crippen molar-refractivity contribution in [3.63, 3.8) is 0 Å². The van der Waals surface area contributed by atoms with Crippen molar-refractivity contribution in [1.29, 1.82) is 0 Å². The maximum Gasteiger partial charge on any atom is 0.325 e. The van der Waals surface area contributed by atoms with Crippen molar-refractivity contribution in [2.75, 3.05) is 13.1 Å². The van der Waals surface area contributed by atoms with Gasteiger partial charge in [0.25, 0.3) is 0 Å². The summed E-state index contributed by atoms with van der Waals surface area (Å²) < 4.78 is 0. The lowest BCUT2D eigenvalue weighted by Crippen LogP contribution is -2.65. The van der Waals surface area contributed by atoms with E-state index in [2.05, 4.69) is 4.90 Å². The summed E-state index contributed by atoms with van der Waals surface area (Å²) >= 11 is 0. The lowest BCUT2D eigenvalue weighted by Gasteiger charge is -2.44. The van der Waals surface area contributed by atoms with Crippen molar-refractivity contribution in [1.82, 2.24) is 4.90 Å². The maximum absolute atomic E-state index is 11.3. The highest BCUT2D eigenvalue weighted by Crippen LogP contribution is 2.31. The number of aliphatic carboxylic acids is 1. The van der Waals surface area contributed by atoms with E-state index in [1.54, 1.807) is 0 Å². The van der Waals surface area contributed by atoms with Gasteiger partial charge in [-0.1, -0.05) is 12.8 Å². The fourth-order valence-corrected chi connectivity index (χ4v) is 3.01. The summed E-state index contributed by atoms with van der Waals surface area (Å²) in [4.78, 5) is 13.6. The van der Waals surface area contributed by atoms with Gasteiger partial charge in [0.15, 0.2) is 0 Å². The van der Waals surface area contributed by atoms with Crippen molar-refractivity contribution < 1.29 is 9.90 Å². The van der Waals surface area contributed by atoms with Gasteiger partial charge in [0.1, 0.15) is 5.54 Å². The molecule has 2 saturated heterocycles. The zero-order chi connectivity index (χ0) is 10.9. The molecule has 0 spiro atoms. The van der Waals surface area contributed by atoms with Gasteiger partial charge in [-0.2, -0.15) is 0 Å². The first-order chi connectivity index (χ1) is 7.14. The molecule has 2 heterocycles. The first-order valence-electron chi connectivity index (χ1n) is 5.91. The monoisotopic (exact) mass is 212 g/mol. The molecule has 0 bridgehead atoms. The largest absolute Gasteiger partial charge is 0.480 e. The predicted molar refractivity (Wildman–Crippen MR) is 57.6 cm³/mol. The second-order valence-electron chi connectivity index (χ2n) is 4.85.